The summed E-state index contributed by atoms with van der Waals surface area (Å²) in [6.07, 6.45) is 5.83. The number of aromatic nitrogens is 2. The van der Waals surface area contributed by atoms with Crippen LogP contribution in [0.15, 0.2) is 0 Å². The largest absolute Gasteiger partial charge is 0.351 e. The summed E-state index contributed by atoms with van der Waals surface area (Å²) in [4.78, 5) is 31.5. The fourth-order valence-corrected chi connectivity index (χ4v) is 3.11. The van der Waals surface area contributed by atoms with E-state index in [9.17, 15) is 9.59 Å². The van der Waals surface area contributed by atoms with E-state index in [2.05, 4.69) is 31.1 Å². The van der Waals surface area contributed by atoms with E-state index in [-0.39, 0.29) is 11.8 Å². The Morgan fingerprint density at radius 1 is 1.32 bits per heavy atom. The van der Waals surface area contributed by atoms with Crippen LogP contribution in [-0.2, 0) is 13.0 Å². The lowest BCUT2D eigenvalue weighted by Crippen LogP contribution is -2.31. The van der Waals surface area contributed by atoms with Crippen molar-refractivity contribution < 1.29 is 9.59 Å². The van der Waals surface area contributed by atoms with Gasteiger partial charge in [0.25, 0.3) is 11.8 Å². The normalized spacial score (nSPS) is 13.6. The third kappa shape index (κ3) is 4.83. The number of rotatable bonds is 8. The molecule has 0 fully saturated rings. The van der Waals surface area contributed by atoms with Crippen LogP contribution in [0, 0.1) is 5.92 Å². The third-order valence-electron chi connectivity index (χ3n) is 4.73. The summed E-state index contributed by atoms with van der Waals surface area (Å²) in [6, 6.07) is 0. The number of carbonyl (C=O) groups excluding carboxylic acids is 2. The Balaban J connectivity index is 2.20. The van der Waals surface area contributed by atoms with Gasteiger partial charge in [-0.3, -0.25) is 9.59 Å². The lowest BCUT2D eigenvalue weighted by molar-refractivity contribution is 0.0775. The zero-order chi connectivity index (χ0) is 18.4. The lowest BCUT2D eigenvalue weighted by Gasteiger charge is -2.20. The molecule has 1 aromatic heterocycles. The van der Waals surface area contributed by atoms with Crippen LogP contribution in [0.1, 0.15) is 79.7 Å². The predicted molar refractivity (Wildman–Crippen MR) is 98.8 cm³/mol. The van der Waals surface area contributed by atoms with Crippen LogP contribution in [-0.4, -0.2) is 46.4 Å². The predicted octanol–water partition coefficient (Wildman–Crippen LogP) is 2.87. The highest BCUT2D eigenvalue weighted by atomic mass is 16.2. The quantitative estimate of drug-likeness (QED) is 0.785. The van der Waals surface area contributed by atoms with Gasteiger partial charge in [0.05, 0.1) is 5.69 Å². The molecule has 2 amide bonds. The Labute approximate surface area is 151 Å². The van der Waals surface area contributed by atoms with Crippen LogP contribution in [0.3, 0.4) is 0 Å². The highest BCUT2D eigenvalue weighted by Crippen LogP contribution is 2.22. The van der Waals surface area contributed by atoms with Crippen molar-refractivity contribution in [3.63, 3.8) is 0 Å². The van der Waals surface area contributed by atoms with E-state index in [0.29, 0.717) is 30.5 Å². The molecule has 0 unspecified atom stereocenters. The summed E-state index contributed by atoms with van der Waals surface area (Å²) in [5.41, 5.74) is 1.36. The Morgan fingerprint density at radius 2 is 2.08 bits per heavy atom. The minimum atomic E-state index is -0.151. The van der Waals surface area contributed by atoms with Gasteiger partial charge in [-0.05, 0) is 38.0 Å². The van der Waals surface area contributed by atoms with Gasteiger partial charge in [-0.1, -0.05) is 27.2 Å². The summed E-state index contributed by atoms with van der Waals surface area (Å²) in [5, 5.41) is 2.96. The Morgan fingerprint density at radius 3 is 2.76 bits per heavy atom. The van der Waals surface area contributed by atoms with Crippen LogP contribution in [0.2, 0.25) is 0 Å². The minimum Gasteiger partial charge on any atom is -0.351 e. The maximum absolute atomic E-state index is 12.8. The molecule has 0 bridgehead atoms. The smallest absolute Gasteiger partial charge is 0.289 e. The van der Waals surface area contributed by atoms with Crippen molar-refractivity contribution in [3.8, 4) is 0 Å². The molecule has 0 saturated carbocycles. The van der Waals surface area contributed by atoms with Crippen molar-refractivity contribution in [1.29, 1.82) is 0 Å². The van der Waals surface area contributed by atoms with E-state index < -0.39 is 0 Å². The first-order valence-electron chi connectivity index (χ1n) is 9.58. The molecule has 0 atom stereocenters. The molecule has 1 aliphatic heterocycles. The van der Waals surface area contributed by atoms with Crippen molar-refractivity contribution in [3.05, 3.63) is 17.2 Å². The number of hydrogen-bond acceptors (Lipinski definition) is 3. The van der Waals surface area contributed by atoms with Gasteiger partial charge >= 0.3 is 0 Å². The average molecular weight is 348 g/mol. The molecule has 140 valence electrons. The highest BCUT2D eigenvalue weighted by Gasteiger charge is 2.28. The summed E-state index contributed by atoms with van der Waals surface area (Å²) in [7, 11) is 1.81. The second-order valence-electron chi connectivity index (χ2n) is 7.36. The van der Waals surface area contributed by atoms with Gasteiger partial charge in [-0.15, -0.1) is 0 Å². The molecule has 2 heterocycles. The zero-order valence-electron chi connectivity index (χ0n) is 16.1. The number of imidazole rings is 1. The van der Waals surface area contributed by atoms with Crippen LogP contribution < -0.4 is 5.32 Å². The van der Waals surface area contributed by atoms with E-state index in [0.717, 1.165) is 50.8 Å². The molecule has 0 radical (unpaired) electrons. The molecule has 0 aliphatic carbocycles. The maximum Gasteiger partial charge on any atom is 0.289 e. The number of fused-ring (bicyclic) bond motifs is 1. The van der Waals surface area contributed by atoms with E-state index in [1.807, 2.05) is 11.6 Å². The summed E-state index contributed by atoms with van der Waals surface area (Å²) < 4.78 is 1.96. The number of hydrogen-bond donors (Lipinski definition) is 1. The van der Waals surface area contributed by atoms with Crippen molar-refractivity contribution in [2.75, 3.05) is 20.1 Å². The molecule has 0 aromatic carbocycles. The SMILES string of the molecule is CCCCN(C)C(=O)c1nc(C(=O)NCCC(C)C)c2n1CCCC2. The molecule has 0 spiro atoms. The minimum absolute atomic E-state index is 0.0853. The molecular weight excluding hydrogens is 316 g/mol. The van der Waals surface area contributed by atoms with Crippen LogP contribution >= 0.6 is 0 Å². The summed E-state index contributed by atoms with van der Waals surface area (Å²) >= 11 is 0. The third-order valence-corrected chi connectivity index (χ3v) is 4.73. The summed E-state index contributed by atoms with van der Waals surface area (Å²) in [5.74, 6) is 0.724. The van der Waals surface area contributed by atoms with Crippen molar-refractivity contribution in [2.24, 2.45) is 5.92 Å². The van der Waals surface area contributed by atoms with Gasteiger partial charge in [-0.25, -0.2) is 4.98 Å². The van der Waals surface area contributed by atoms with Gasteiger partial charge in [0.1, 0.15) is 5.69 Å². The number of nitrogens with one attached hydrogen (secondary N) is 1. The fourth-order valence-electron chi connectivity index (χ4n) is 3.11. The second kappa shape index (κ2) is 9.02. The van der Waals surface area contributed by atoms with Crippen LogP contribution in [0.4, 0.5) is 0 Å². The van der Waals surface area contributed by atoms with Gasteiger partial charge in [-0.2, -0.15) is 0 Å². The highest BCUT2D eigenvalue weighted by molar-refractivity contribution is 5.97. The van der Waals surface area contributed by atoms with E-state index >= 15 is 0 Å². The van der Waals surface area contributed by atoms with Gasteiger partial charge in [0.2, 0.25) is 0 Å². The van der Waals surface area contributed by atoms with Crippen molar-refractivity contribution in [1.82, 2.24) is 19.8 Å². The van der Waals surface area contributed by atoms with Gasteiger partial charge < -0.3 is 14.8 Å². The molecule has 25 heavy (non-hydrogen) atoms. The van der Waals surface area contributed by atoms with Crippen molar-refractivity contribution >= 4 is 11.8 Å². The second-order valence-corrected chi connectivity index (χ2v) is 7.36. The first-order valence-corrected chi connectivity index (χ1v) is 9.58. The van der Waals surface area contributed by atoms with E-state index in [1.54, 1.807) is 4.90 Å². The summed E-state index contributed by atoms with van der Waals surface area (Å²) in [6.45, 7) is 8.50. The Bertz CT molecular complexity index is 607. The number of unbranched alkanes of at least 4 members (excludes halogenated alkanes) is 1. The number of nitrogens with zero attached hydrogens (tertiary/aromatic N) is 3. The maximum atomic E-state index is 12.8. The van der Waals surface area contributed by atoms with Gasteiger partial charge in [0, 0.05) is 26.7 Å². The lowest BCUT2D eigenvalue weighted by atomic mass is 10.1. The standard InChI is InChI=1S/C19H32N4O2/c1-5-6-12-22(4)19(25)17-21-16(15-9-7-8-13-23(15)17)18(24)20-11-10-14(2)3/h14H,5-13H2,1-4H3,(H,20,24). The van der Waals surface area contributed by atoms with Gasteiger partial charge in [0.15, 0.2) is 5.82 Å². The number of amides is 2. The molecule has 6 nitrogen and oxygen atoms in total. The van der Waals surface area contributed by atoms with E-state index in [4.69, 9.17) is 0 Å². The molecule has 1 N–H and O–H groups in total. The molecule has 0 saturated heterocycles. The Hall–Kier alpha value is -1.85. The molecular formula is C19H32N4O2. The first-order chi connectivity index (χ1) is 12.0. The monoisotopic (exact) mass is 348 g/mol. The van der Waals surface area contributed by atoms with Crippen molar-refractivity contribution in [2.45, 2.75) is 65.8 Å². The van der Waals surface area contributed by atoms with Crippen LogP contribution in [0.25, 0.3) is 0 Å². The van der Waals surface area contributed by atoms with Crippen LogP contribution in [0.5, 0.6) is 0 Å². The molecule has 1 aliphatic rings. The topological polar surface area (TPSA) is 67.2 Å². The molecule has 1 aromatic rings. The molecule has 2 rings (SSSR count). The Kier molecular flexibility index (Phi) is 7.02. The van der Waals surface area contributed by atoms with E-state index in [1.165, 1.54) is 0 Å². The number of carbonyl (C=O) groups is 2. The molecule has 6 heteroatoms. The fraction of sp³-hybridized carbons (Fsp3) is 0.737. The average Bonchev–Trinajstić information content (AvgIpc) is 2.98. The zero-order valence-corrected chi connectivity index (χ0v) is 16.1. The first kappa shape index (κ1) is 19.5.